The van der Waals surface area contributed by atoms with E-state index >= 15 is 0 Å². The lowest BCUT2D eigenvalue weighted by molar-refractivity contribution is -0.148. The van der Waals surface area contributed by atoms with Crippen LogP contribution in [0.1, 0.15) is 30.4 Å². The molecule has 1 aliphatic carbocycles. The van der Waals surface area contributed by atoms with Crippen LogP contribution >= 0.6 is 0 Å². The lowest BCUT2D eigenvalue weighted by Gasteiger charge is -2.49. The average molecular weight is 290 g/mol. The van der Waals surface area contributed by atoms with Crippen molar-refractivity contribution in [3.8, 4) is 11.5 Å². The summed E-state index contributed by atoms with van der Waals surface area (Å²) < 4.78 is 13.0. The van der Waals surface area contributed by atoms with Gasteiger partial charge in [0.25, 0.3) is 5.79 Å². The summed E-state index contributed by atoms with van der Waals surface area (Å²) in [6, 6.07) is 16.6. The molecule has 1 saturated carbocycles. The van der Waals surface area contributed by atoms with Gasteiger partial charge in [0.1, 0.15) is 11.5 Å². The van der Waals surface area contributed by atoms with E-state index in [4.69, 9.17) is 9.47 Å². The first-order chi connectivity index (χ1) is 10.9. The number of ether oxygens (including phenoxy) is 2. The van der Waals surface area contributed by atoms with Gasteiger partial charge in [-0.25, -0.2) is 0 Å². The van der Waals surface area contributed by atoms with Gasteiger partial charge in [0.15, 0.2) is 0 Å². The van der Waals surface area contributed by atoms with Crippen LogP contribution in [-0.2, 0) is 6.42 Å². The predicted molar refractivity (Wildman–Crippen MR) is 85.9 cm³/mol. The fourth-order valence-electron chi connectivity index (χ4n) is 4.14. The maximum absolute atomic E-state index is 6.49. The van der Waals surface area contributed by atoms with Gasteiger partial charge in [-0.15, -0.1) is 0 Å². The van der Waals surface area contributed by atoms with Crippen molar-refractivity contribution in [1.82, 2.24) is 0 Å². The molecule has 5 rings (SSSR count). The van der Waals surface area contributed by atoms with Gasteiger partial charge in [-0.05, 0) is 49.5 Å². The molecule has 0 saturated heterocycles. The summed E-state index contributed by atoms with van der Waals surface area (Å²) in [5.74, 6) is 1.74. The molecule has 3 aliphatic rings. The number of rotatable bonds is 0. The van der Waals surface area contributed by atoms with Crippen LogP contribution in [0.25, 0.3) is 6.08 Å². The zero-order valence-electron chi connectivity index (χ0n) is 12.4. The first kappa shape index (κ1) is 12.3. The largest absolute Gasteiger partial charge is 0.448 e. The second kappa shape index (κ2) is 4.39. The van der Waals surface area contributed by atoms with Gasteiger partial charge in [0.05, 0.1) is 0 Å². The molecule has 1 unspecified atom stereocenters. The molecule has 2 heterocycles. The van der Waals surface area contributed by atoms with E-state index in [-0.39, 0.29) is 0 Å². The van der Waals surface area contributed by atoms with Crippen LogP contribution in [0.5, 0.6) is 11.5 Å². The van der Waals surface area contributed by atoms with Gasteiger partial charge in [-0.1, -0.05) is 36.4 Å². The molecule has 0 N–H and O–H groups in total. The van der Waals surface area contributed by atoms with Gasteiger partial charge >= 0.3 is 0 Å². The summed E-state index contributed by atoms with van der Waals surface area (Å²) in [6.45, 7) is 0. The summed E-state index contributed by atoms with van der Waals surface area (Å²) in [5.41, 5.74) is 3.78. The predicted octanol–water partition coefficient (Wildman–Crippen LogP) is 4.59. The third kappa shape index (κ3) is 1.61. The molecule has 2 nitrogen and oxygen atoms in total. The van der Waals surface area contributed by atoms with Crippen LogP contribution in [0, 0.1) is 5.92 Å². The van der Waals surface area contributed by atoms with Gasteiger partial charge in [0.2, 0.25) is 0 Å². The SMILES string of the molecule is C1=C2CCCC3Cc4ccccc4O[C@@]23Oc2ccccc21. The first-order valence-corrected chi connectivity index (χ1v) is 8.11. The highest BCUT2D eigenvalue weighted by molar-refractivity contribution is 5.65. The minimum atomic E-state index is -0.582. The van der Waals surface area contributed by atoms with Crippen LogP contribution < -0.4 is 9.47 Å². The zero-order valence-corrected chi connectivity index (χ0v) is 12.4. The van der Waals surface area contributed by atoms with Crippen molar-refractivity contribution in [3.63, 3.8) is 0 Å². The fourth-order valence-corrected chi connectivity index (χ4v) is 4.14. The number of benzene rings is 2. The summed E-state index contributed by atoms with van der Waals surface area (Å²) in [6.07, 6.45) is 6.77. The van der Waals surface area contributed by atoms with Gasteiger partial charge in [-0.2, -0.15) is 0 Å². The molecule has 1 fully saturated rings. The Hall–Kier alpha value is -2.22. The standard InChI is InChI=1S/C20H18O2/c1-3-10-18-14(6-1)12-16-8-5-9-17-13-15-7-2-4-11-19(15)22-20(16,17)21-18/h1-4,6-7,10-12,17H,5,8-9,13H2/t17?,20-/m0/s1. The quantitative estimate of drug-likeness (QED) is 0.706. The third-order valence-electron chi connectivity index (χ3n) is 5.19. The lowest BCUT2D eigenvalue weighted by atomic mass is 9.73. The molecule has 2 atom stereocenters. The highest BCUT2D eigenvalue weighted by Crippen LogP contribution is 2.51. The molecule has 0 aromatic heterocycles. The Kier molecular flexibility index (Phi) is 2.46. The van der Waals surface area contributed by atoms with E-state index in [1.807, 2.05) is 18.2 Å². The molecule has 0 amide bonds. The second-order valence-corrected chi connectivity index (χ2v) is 6.48. The van der Waals surface area contributed by atoms with Crippen molar-refractivity contribution in [2.45, 2.75) is 31.5 Å². The molecule has 110 valence electrons. The van der Waals surface area contributed by atoms with E-state index in [0.29, 0.717) is 5.92 Å². The van der Waals surface area contributed by atoms with Gasteiger partial charge in [-0.3, -0.25) is 0 Å². The van der Waals surface area contributed by atoms with Crippen LogP contribution in [0.2, 0.25) is 0 Å². The van der Waals surface area contributed by atoms with Crippen molar-refractivity contribution < 1.29 is 9.47 Å². The Morgan fingerprint density at radius 1 is 0.909 bits per heavy atom. The Labute approximate surface area is 130 Å². The van der Waals surface area contributed by atoms with E-state index in [0.717, 1.165) is 30.8 Å². The number of fused-ring (bicyclic) bond motifs is 2. The highest BCUT2D eigenvalue weighted by atomic mass is 16.7. The monoisotopic (exact) mass is 290 g/mol. The summed E-state index contributed by atoms with van der Waals surface area (Å²) in [5, 5.41) is 0. The van der Waals surface area contributed by atoms with Crippen molar-refractivity contribution in [3.05, 3.63) is 65.2 Å². The second-order valence-electron chi connectivity index (χ2n) is 6.48. The Bertz CT molecular complexity index is 777. The molecule has 2 aromatic carbocycles. The normalized spacial score (nSPS) is 28.0. The van der Waals surface area contributed by atoms with Crippen molar-refractivity contribution in [1.29, 1.82) is 0 Å². The van der Waals surface area contributed by atoms with E-state index in [1.165, 1.54) is 23.1 Å². The van der Waals surface area contributed by atoms with Crippen LogP contribution in [0.4, 0.5) is 0 Å². The van der Waals surface area contributed by atoms with Gasteiger partial charge < -0.3 is 9.47 Å². The molecule has 2 aliphatic heterocycles. The molecule has 0 radical (unpaired) electrons. The average Bonchev–Trinajstić information content (AvgIpc) is 2.56. The maximum atomic E-state index is 6.49. The number of para-hydroxylation sites is 2. The highest BCUT2D eigenvalue weighted by Gasteiger charge is 2.53. The summed E-state index contributed by atoms with van der Waals surface area (Å²) >= 11 is 0. The van der Waals surface area contributed by atoms with Crippen molar-refractivity contribution >= 4 is 6.08 Å². The van der Waals surface area contributed by atoms with Crippen LogP contribution in [-0.4, -0.2) is 5.79 Å². The Morgan fingerprint density at radius 3 is 2.64 bits per heavy atom. The number of hydrogen-bond acceptors (Lipinski definition) is 2. The van der Waals surface area contributed by atoms with E-state index < -0.39 is 5.79 Å². The fraction of sp³-hybridized carbons (Fsp3) is 0.300. The van der Waals surface area contributed by atoms with Crippen molar-refractivity contribution in [2.75, 3.05) is 0 Å². The minimum Gasteiger partial charge on any atom is -0.448 e. The number of hydrogen-bond donors (Lipinski definition) is 0. The summed E-state index contributed by atoms with van der Waals surface area (Å²) in [4.78, 5) is 0. The first-order valence-electron chi connectivity index (χ1n) is 8.11. The van der Waals surface area contributed by atoms with E-state index in [9.17, 15) is 0 Å². The molecular weight excluding hydrogens is 272 g/mol. The Morgan fingerprint density at radius 2 is 1.68 bits per heavy atom. The topological polar surface area (TPSA) is 18.5 Å². The molecule has 0 bridgehead atoms. The molecule has 2 heteroatoms. The molecular formula is C20H18O2. The minimum absolute atomic E-state index is 0.399. The third-order valence-corrected chi connectivity index (χ3v) is 5.19. The van der Waals surface area contributed by atoms with E-state index in [2.05, 4.69) is 36.4 Å². The maximum Gasteiger partial charge on any atom is 0.277 e. The van der Waals surface area contributed by atoms with Crippen LogP contribution in [0.3, 0.4) is 0 Å². The van der Waals surface area contributed by atoms with E-state index in [1.54, 1.807) is 0 Å². The molecule has 22 heavy (non-hydrogen) atoms. The molecule has 2 aromatic rings. The Balaban J connectivity index is 1.67. The molecule has 1 spiro atoms. The smallest absolute Gasteiger partial charge is 0.277 e. The summed E-state index contributed by atoms with van der Waals surface area (Å²) in [7, 11) is 0. The lowest BCUT2D eigenvalue weighted by Crippen LogP contribution is -2.56. The van der Waals surface area contributed by atoms with Crippen LogP contribution in [0.15, 0.2) is 54.1 Å². The zero-order chi connectivity index (χ0) is 14.6. The van der Waals surface area contributed by atoms with Crippen molar-refractivity contribution in [2.24, 2.45) is 5.92 Å². The van der Waals surface area contributed by atoms with Gasteiger partial charge in [0, 0.05) is 17.1 Å².